The highest BCUT2D eigenvalue weighted by Crippen LogP contribution is 2.27. The number of aromatic nitrogens is 4. The molecule has 2 aromatic heterocycles. The molecule has 1 saturated carbocycles. The summed E-state index contributed by atoms with van der Waals surface area (Å²) < 4.78 is 7.00. The number of carbonyl (C=O) groups is 3. The second-order valence-corrected chi connectivity index (χ2v) is 9.34. The first-order valence-corrected chi connectivity index (χ1v) is 12.7. The van der Waals surface area contributed by atoms with Gasteiger partial charge in [-0.3, -0.25) is 14.4 Å². The van der Waals surface area contributed by atoms with Gasteiger partial charge in [-0.2, -0.15) is 0 Å². The molecule has 0 bridgehead atoms. The van der Waals surface area contributed by atoms with Gasteiger partial charge >= 0.3 is 0 Å². The number of ether oxygens (including phenoxy) is 1. The number of amides is 3. The predicted molar refractivity (Wildman–Crippen MR) is 144 cm³/mol. The summed E-state index contributed by atoms with van der Waals surface area (Å²) in [4.78, 5) is 52.6. The normalized spacial score (nSPS) is 12.8. The fraction of sp³-hybridized carbons (Fsp3) is 0.259. The lowest BCUT2D eigenvalue weighted by molar-refractivity contribution is -0.123. The summed E-state index contributed by atoms with van der Waals surface area (Å²) in [6.45, 7) is 0.449. The Morgan fingerprint density at radius 2 is 1.85 bits per heavy atom. The third-order valence-corrected chi connectivity index (χ3v) is 6.69. The summed E-state index contributed by atoms with van der Waals surface area (Å²) in [5.41, 5.74) is 3.21. The van der Waals surface area contributed by atoms with E-state index >= 15 is 0 Å². The summed E-state index contributed by atoms with van der Waals surface area (Å²) >= 11 is 0. The molecule has 2 aromatic carbocycles. The summed E-state index contributed by atoms with van der Waals surface area (Å²) in [5, 5.41) is 17.5. The van der Waals surface area contributed by atoms with E-state index < -0.39 is 24.3 Å². The quantitative estimate of drug-likeness (QED) is 0.192. The number of hydrogen-bond acceptors (Lipinski definition) is 9. The molecular weight excluding hydrogens is 516 g/mol. The van der Waals surface area contributed by atoms with Crippen molar-refractivity contribution in [2.45, 2.75) is 25.8 Å². The average Bonchev–Trinajstić information content (AvgIpc) is 3.45. The lowest BCUT2D eigenvalue weighted by Crippen LogP contribution is -2.33. The van der Waals surface area contributed by atoms with Crippen LogP contribution < -0.4 is 20.8 Å². The predicted octanol–water partition coefficient (Wildman–Crippen LogP) is 2.83. The average molecular weight is 543 g/mol. The van der Waals surface area contributed by atoms with Crippen LogP contribution in [0.1, 0.15) is 45.7 Å². The maximum atomic E-state index is 13.5. The van der Waals surface area contributed by atoms with Gasteiger partial charge in [-0.05, 0) is 47.2 Å². The van der Waals surface area contributed by atoms with Crippen molar-refractivity contribution in [1.82, 2.24) is 30.7 Å². The number of hydrogen-bond donors (Lipinski definition) is 3. The number of rotatable bonds is 11. The van der Waals surface area contributed by atoms with E-state index in [1.165, 1.54) is 12.1 Å². The number of pyridine rings is 1. The van der Waals surface area contributed by atoms with E-state index in [1.54, 1.807) is 28.6 Å². The van der Waals surface area contributed by atoms with Crippen LogP contribution in [0.4, 0.5) is 5.69 Å². The Morgan fingerprint density at radius 1 is 1.02 bits per heavy atom. The Bertz CT molecular complexity index is 1550. The molecule has 0 radical (unpaired) electrons. The summed E-state index contributed by atoms with van der Waals surface area (Å²) in [5.74, 6) is -1.31. The van der Waals surface area contributed by atoms with Crippen LogP contribution in [0.15, 0.2) is 66.2 Å². The molecular formula is C27H26N8O5. The SMILES string of the molecule is O=NNC(=O)COc1ccc(NC(=O)c2ccc(Cn3ccnn3)c3ccccc23)c(C(=O)NCC2CCC2)n1. The molecule has 0 aliphatic heterocycles. The van der Waals surface area contributed by atoms with Crippen molar-refractivity contribution < 1.29 is 19.1 Å². The molecule has 3 N–H and O–H groups in total. The number of nitrogens with zero attached hydrogens (tertiary/aromatic N) is 5. The molecule has 1 aliphatic carbocycles. The highest BCUT2D eigenvalue weighted by atomic mass is 16.5. The molecule has 13 heteroatoms. The number of fused-ring (bicyclic) bond motifs is 1. The third kappa shape index (κ3) is 6.09. The minimum absolute atomic E-state index is 0.0317. The van der Waals surface area contributed by atoms with E-state index in [9.17, 15) is 19.3 Å². The highest BCUT2D eigenvalue weighted by Gasteiger charge is 2.22. The fourth-order valence-corrected chi connectivity index (χ4v) is 4.41. The molecule has 40 heavy (non-hydrogen) atoms. The Hall–Kier alpha value is -5.20. The van der Waals surface area contributed by atoms with E-state index in [0.717, 1.165) is 35.6 Å². The number of nitroso groups, excluding NO2 is 1. The number of carbonyl (C=O) groups excluding carboxylic acids is 3. The molecule has 204 valence electrons. The second-order valence-electron chi connectivity index (χ2n) is 9.34. The Kier molecular flexibility index (Phi) is 7.99. The molecule has 3 amide bonds. The first-order chi connectivity index (χ1) is 19.5. The van der Waals surface area contributed by atoms with Crippen LogP contribution in [0.3, 0.4) is 0 Å². The third-order valence-electron chi connectivity index (χ3n) is 6.69. The van der Waals surface area contributed by atoms with E-state index in [-0.39, 0.29) is 17.3 Å². The van der Waals surface area contributed by atoms with E-state index in [4.69, 9.17) is 4.74 Å². The Morgan fingerprint density at radius 3 is 2.58 bits per heavy atom. The molecule has 0 spiro atoms. The lowest BCUT2D eigenvalue weighted by atomic mass is 9.85. The van der Waals surface area contributed by atoms with Crippen LogP contribution in [-0.4, -0.2) is 50.9 Å². The minimum atomic E-state index is -0.774. The monoisotopic (exact) mass is 542 g/mol. The lowest BCUT2D eigenvalue weighted by Gasteiger charge is -2.25. The van der Waals surface area contributed by atoms with Gasteiger partial charge in [0.15, 0.2) is 12.3 Å². The Balaban J connectivity index is 1.40. The standard InChI is InChI=1S/C27H26N8O5/c36-23(32-34-39)16-40-24-11-10-22(25(31-24)27(38)28-14-17-4-3-5-17)30-26(37)21-9-8-18(15-35-13-12-29-33-35)19-6-1-2-7-20(19)21/h1-2,6-13,17H,3-5,14-16H2,(H,28,38)(H,30,37)(H,32,36,39). The number of anilines is 1. The first kappa shape index (κ1) is 26.4. The van der Waals surface area contributed by atoms with E-state index in [1.807, 2.05) is 30.3 Å². The summed E-state index contributed by atoms with van der Waals surface area (Å²) in [6.07, 6.45) is 6.58. The molecule has 1 aliphatic rings. The largest absolute Gasteiger partial charge is 0.467 e. The second kappa shape index (κ2) is 12.1. The van der Waals surface area contributed by atoms with Gasteiger partial charge in [0.05, 0.1) is 23.7 Å². The van der Waals surface area contributed by atoms with Crippen molar-refractivity contribution in [3.63, 3.8) is 0 Å². The van der Waals surface area contributed by atoms with Gasteiger partial charge in [-0.25, -0.2) is 15.1 Å². The molecule has 13 nitrogen and oxygen atoms in total. The topological polar surface area (TPSA) is 170 Å². The van der Waals surface area contributed by atoms with Crippen LogP contribution in [0, 0.1) is 10.8 Å². The molecule has 2 heterocycles. The minimum Gasteiger partial charge on any atom is -0.467 e. The first-order valence-electron chi connectivity index (χ1n) is 12.7. The molecule has 1 fully saturated rings. The maximum absolute atomic E-state index is 13.5. The van der Waals surface area contributed by atoms with Crippen molar-refractivity contribution in [1.29, 1.82) is 0 Å². The van der Waals surface area contributed by atoms with Gasteiger partial charge < -0.3 is 15.4 Å². The van der Waals surface area contributed by atoms with Crippen molar-refractivity contribution in [2.75, 3.05) is 18.5 Å². The van der Waals surface area contributed by atoms with Gasteiger partial charge in [0, 0.05) is 24.4 Å². The van der Waals surface area contributed by atoms with Gasteiger partial charge in [-0.15, -0.1) is 10.0 Å². The summed E-state index contributed by atoms with van der Waals surface area (Å²) in [6, 6.07) is 14.0. The zero-order valence-electron chi connectivity index (χ0n) is 21.4. The van der Waals surface area contributed by atoms with Gasteiger partial charge in [0.1, 0.15) is 0 Å². The molecule has 4 aromatic rings. The van der Waals surface area contributed by atoms with Crippen LogP contribution in [0.5, 0.6) is 5.88 Å². The van der Waals surface area contributed by atoms with Crippen LogP contribution in [-0.2, 0) is 11.3 Å². The van der Waals surface area contributed by atoms with Gasteiger partial charge in [0.25, 0.3) is 17.7 Å². The van der Waals surface area contributed by atoms with Crippen molar-refractivity contribution in [2.24, 2.45) is 11.2 Å². The van der Waals surface area contributed by atoms with Crippen LogP contribution >= 0.6 is 0 Å². The molecule has 0 saturated heterocycles. The number of nitrogens with one attached hydrogen (secondary N) is 3. The smallest absolute Gasteiger partial charge is 0.280 e. The van der Waals surface area contributed by atoms with Crippen LogP contribution in [0.25, 0.3) is 10.8 Å². The molecule has 0 atom stereocenters. The van der Waals surface area contributed by atoms with E-state index in [0.29, 0.717) is 24.6 Å². The maximum Gasteiger partial charge on any atom is 0.280 e. The Labute approximate surface area is 228 Å². The van der Waals surface area contributed by atoms with E-state index in [2.05, 4.69) is 31.2 Å². The zero-order valence-corrected chi connectivity index (χ0v) is 21.4. The van der Waals surface area contributed by atoms with Crippen molar-refractivity contribution in [3.8, 4) is 5.88 Å². The van der Waals surface area contributed by atoms with Gasteiger partial charge in [0.2, 0.25) is 5.88 Å². The van der Waals surface area contributed by atoms with Gasteiger partial charge in [-0.1, -0.05) is 42.0 Å². The highest BCUT2D eigenvalue weighted by molar-refractivity contribution is 6.15. The molecule has 0 unspecified atom stereocenters. The fourth-order valence-electron chi connectivity index (χ4n) is 4.41. The summed E-state index contributed by atoms with van der Waals surface area (Å²) in [7, 11) is 0. The van der Waals surface area contributed by atoms with Crippen molar-refractivity contribution in [3.05, 3.63) is 82.7 Å². The van der Waals surface area contributed by atoms with Crippen molar-refractivity contribution >= 4 is 34.2 Å². The molecule has 5 rings (SSSR count). The van der Waals surface area contributed by atoms with Crippen LogP contribution in [0.2, 0.25) is 0 Å². The zero-order chi connectivity index (χ0) is 27.9. The number of benzene rings is 2.